The first kappa shape index (κ1) is 132. The Morgan fingerprint density at radius 1 is 0.551 bits per heavy atom. The van der Waals surface area contributed by atoms with Crippen molar-refractivity contribution in [2.24, 2.45) is 23.7 Å². The molecule has 791 valence electrons. The van der Waals surface area contributed by atoms with Crippen LogP contribution in [-0.2, 0) is 123 Å². The van der Waals surface area contributed by atoms with Gasteiger partial charge in [0.1, 0.15) is 36.8 Å². The number of carbonyl (C=O) groups is 10. The van der Waals surface area contributed by atoms with Crippen molar-refractivity contribution in [3.05, 3.63) is 131 Å². The molecule has 4 fully saturated rings. The van der Waals surface area contributed by atoms with E-state index in [9.17, 15) is 100 Å². The van der Waals surface area contributed by atoms with Crippen molar-refractivity contribution in [1.29, 1.82) is 0 Å². The third-order valence-electron chi connectivity index (χ3n) is 19.8. The van der Waals surface area contributed by atoms with E-state index < -0.39 is 201 Å². The van der Waals surface area contributed by atoms with E-state index >= 15 is 0 Å². The molecule has 4 aliphatic heterocycles. The minimum atomic E-state index is -4.10. The Labute approximate surface area is 823 Å². The second-order valence-electron chi connectivity index (χ2n) is 33.9. The molecular formula is C90H143F6N8O29PdS3Si. The Morgan fingerprint density at radius 2 is 0.906 bits per heavy atom. The predicted octanol–water partition coefficient (Wildman–Crippen LogP) is 14.6. The van der Waals surface area contributed by atoms with E-state index in [1.54, 1.807) is 137 Å². The number of alkyl halides is 6. The number of benzene rings is 3. The Kier molecular flexibility index (Phi) is 60.6. The van der Waals surface area contributed by atoms with Crippen molar-refractivity contribution in [2.75, 3.05) is 84.5 Å². The molecule has 48 heteroatoms. The number of rotatable bonds is 22. The van der Waals surface area contributed by atoms with Gasteiger partial charge in [0.15, 0.2) is 0 Å². The van der Waals surface area contributed by atoms with Gasteiger partial charge in [-0.1, -0.05) is 137 Å². The van der Waals surface area contributed by atoms with Crippen LogP contribution in [0.25, 0.3) is 0 Å². The zero-order valence-electron chi connectivity index (χ0n) is 81.7. The van der Waals surface area contributed by atoms with Gasteiger partial charge in [0.25, 0.3) is 29.7 Å². The van der Waals surface area contributed by atoms with Crippen LogP contribution in [0.3, 0.4) is 0 Å². The molecule has 37 nitrogen and oxygen atoms in total. The van der Waals surface area contributed by atoms with E-state index in [0.29, 0.717) is 38.5 Å². The van der Waals surface area contributed by atoms with E-state index in [1.807, 2.05) is 48.5 Å². The molecule has 0 spiro atoms. The zero-order valence-corrected chi connectivity index (χ0v) is 86.7. The number of piperidine rings is 4. The predicted molar refractivity (Wildman–Crippen MR) is 501 cm³/mol. The Balaban J connectivity index is -0.00000157. The molecule has 0 bridgehead atoms. The number of hydrogen-bond donors (Lipinski definition) is 7. The molecule has 1 aromatic heterocycles. The molecule has 4 aromatic rings. The molecule has 7 N–H and O–H groups in total. The number of halogens is 6. The Bertz CT molecular complexity index is 4690. The minimum Gasteiger partial charge on any atom is -0.506 e. The molecule has 138 heavy (non-hydrogen) atoms. The van der Waals surface area contributed by atoms with Gasteiger partial charge < -0.3 is 73.6 Å². The number of nitrogens with one attached hydrogen (secondary N) is 2. The number of β-amino-alcohol motifs (C(OH)–C–C–N with tert-alkyl or cyclic N) is 1. The number of amides is 6. The number of esters is 2. The molecule has 9 atom stereocenters. The summed E-state index contributed by atoms with van der Waals surface area (Å²) in [5, 5.41) is 45.7. The number of aliphatic carboxylic acids is 2. The van der Waals surface area contributed by atoms with Crippen LogP contribution >= 0.6 is 0 Å². The summed E-state index contributed by atoms with van der Waals surface area (Å²) in [5.41, 5.74) is 1.38. The largest absolute Gasteiger partial charge is 0.506 e. The smallest absolute Gasteiger partial charge is 0.424 e. The Morgan fingerprint density at radius 3 is 1.25 bits per heavy atom. The summed E-state index contributed by atoms with van der Waals surface area (Å²) in [4.78, 5) is 120. The zero-order chi connectivity index (χ0) is 105. The number of hydrogen-bond acceptors (Lipinski definition) is 29. The maximum absolute atomic E-state index is 14.5. The van der Waals surface area contributed by atoms with Crippen LogP contribution in [0.5, 0.6) is 5.75 Å². The van der Waals surface area contributed by atoms with Crippen LogP contribution in [0.1, 0.15) is 190 Å². The third-order valence-corrected chi connectivity index (χ3v) is 25.5. The third kappa shape index (κ3) is 55.3. The minimum absolute atomic E-state index is 0. The Hall–Kier alpha value is -9.70. The summed E-state index contributed by atoms with van der Waals surface area (Å²) in [5.74, 6) is -14.6. The van der Waals surface area contributed by atoms with E-state index in [-0.39, 0.29) is 113 Å². The van der Waals surface area contributed by atoms with Gasteiger partial charge in [-0.05, 0) is 132 Å². The second kappa shape index (κ2) is 63.2. The van der Waals surface area contributed by atoms with Crippen LogP contribution in [0.15, 0.2) is 103 Å². The van der Waals surface area contributed by atoms with Crippen molar-refractivity contribution in [1.82, 2.24) is 38.3 Å². The van der Waals surface area contributed by atoms with E-state index in [4.69, 9.17) is 58.1 Å². The summed E-state index contributed by atoms with van der Waals surface area (Å²) in [6.45, 7) is 29.7. The van der Waals surface area contributed by atoms with Gasteiger partial charge in [-0.25, -0.2) is 98.5 Å². The van der Waals surface area contributed by atoms with Gasteiger partial charge >= 0.3 is 48.5 Å². The molecular weight excluding hydrogens is 2000 g/mol. The fourth-order valence-corrected chi connectivity index (χ4v) is 16.3. The van der Waals surface area contributed by atoms with Crippen LogP contribution in [0, 0.1) is 30.6 Å². The molecule has 3 aromatic carbocycles. The van der Waals surface area contributed by atoms with Crippen molar-refractivity contribution < 1.29 is 183 Å². The number of aromatic nitrogens is 1. The van der Waals surface area contributed by atoms with Crippen LogP contribution in [0.4, 0.5) is 55.1 Å². The first-order valence-corrected chi connectivity index (χ1v) is 51.2. The van der Waals surface area contributed by atoms with Crippen molar-refractivity contribution in [3.63, 3.8) is 0 Å². The molecule has 8 rings (SSSR count). The first-order chi connectivity index (χ1) is 62.7. The van der Waals surface area contributed by atoms with Crippen molar-refractivity contribution in [3.8, 4) is 5.75 Å². The van der Waals surface area contributed by atoms with Gasteiger partial charge in [0.05, 0.1) is 94.2 Å². The molecule has 4 aliphatic rings. The first-order valence-electron chi connectivity index (χ1n) is 43.5. The number of carbonyl (C=O) groups excluding carboxylic acids is 8. The number of aryl methyl sites for hydroxylation is 1. The summed E-state index contributed by atoms with van der Waals surface area (Å²) in [7, 11) is -11.3. The number of carboxylic acids is 2. The average molecular weight is 2150 g/mol. The molecule has 4 saturated heterocycles. The molecule has 6 amide bonds. The fourth-order valence-electron chi connectivity index (χ4n) is 12.9. The topological polar surface area (TPSA) is 501 Å². The summed E-state index contributed by atoms with van der Waals surface area (Å²) < 4.78 is 194. The maximum atomic E-state index is 14.5. The molecule has 0 aliphatic carbocycles. The molecule has 0 saturated carbocycles. The molecule has 1 radical (unpaired) electrons. The van der Waals surface area contributed by atoms with Crippen LogP contribution in [-0.4, -0.2) is 292 Å². The quantitative estimate of drug-likeness (QED) is 0.0166. The summed E-state index contributed by atoms with van der Waals surface area (Å²) >= 11 is 0. The second-order valence-corrected chi connectivity index (χ2v) is 43.0. The average Bonchev–Trinajstić information content (AvgIpc) is 0.834. The van der Waals surface area contributed by atoms with E-state index in [1.165, 1.54) is 42.2 Å². The number of aromatic hydroxyl groups is 1. The van der Waals surface area contributed by atoms with Gasteiger partial charge in [0, 0.05) is 118 Å². The number of aliphatic hydroxyl groups excluding tert-OH is 2. The van der Waals surface area contributed by atoms with Crippen molar-refractivity contribution in [2.45, 2.75) is 262 Å². The van der Waals surface area contributed by atoms with Gasteiger partial charge in [-0.15, -0.1) is 0 Å². The number of sulfonamides is 3. The van der Waals surface area contributed by atoms with Crippen molar-refractivity contribution >= 4 is 99.3 Å². The number of aliphatic hydroxyl groups is 2. The van der Waals surface area contributed by atoms with Gasteiger partial charge in [-0.2, -0.15) is 0 Å². The summed E-state index contributed by atoms with van der Waals surface area (Å²) in [6.07, 6.45) is -3.60. The number of nitrogens with zero attached hydrogens (tertiary/aromatic N) is 6. The fraction of sp³-hybridized carbons (Fsp3) is 0.633. The SMILES string of the molecule is C.CC(=O)O.CC(=O)O.CC1C(CN(C(=O)OC(C)(C)C)S(C)(=O)=O)CC(F)(F)CN1C(=O)OCc1ccccc1.CC1C(CO)CC(F)(F)CN1C(=O)OCc1ccccc1.CC1NCC(F)(F)CC1CN(C(=O)OC(C)(C)C)S(C)(=O)=O.CCOC(=O)C1CC(O)CN(C(=O)OCc2ccccc2)C1C.CCOC(=O)NS(C)(=O)=O.CCOC(=O)c1cc(O)cnc1C.CC[Si](CC)CC.[Pd]. The van der Waals surface area contributed by atoms with Gasteiger partial charge in [0.2, 0.25) is 30.1 Å². The van der Waals surface area contributed by atoms with E-state index in [0.717, 1.165) is 53.5 Å². The molecule has 9 unspecified atom stereocenters. The normalized spacial score (nSPS) is 19.3. The van der Waals surface area contributed by atoms with Crippen LogP contribution in [0.2, 0.25) is 18.1 Å². The van der Waals surface area contributed by atoms with Gasteiger partial charge in [-0.3, -0.25) is 29.2 Å². The monoisotopic (exact) mass is 2140 g/mol. The van der Waals surface area contributed by atoms with E-state index in [2.05, 4.69) is 35.8 Å². The number of likely N-dealkylation sites (tertiary alicyclic amines) is 3. The van der Waals surface area contributed by atoms with Crippen LogP contribution < -0.4 is 10.0 Å². The molecule has 5 heterocycles. The number of carboxylic acid groups (broad SMARTS) is 2. The maximum Gasteiger partial charge on any atom is 0.424 e. The standard InChI is InChI=1S/C21H30F2N2O6S.C17H23NO5.C15H19F2NO3.C13H24F2N2O4S.C9H11NO3.C6H15Si.C4H9NO4S.2C2H4O2.CH4.Pd/c1-15-17(12-25(32(5,28)29)19(27)31-20(2,3)4)11-21(22,23)14-24(15)18(26)30-13-16-9-7-6-8-10-16;1-3-22-16(20)15-9-14(19)10-18(12(15)2)17(21)23-11-13-7-5-4-6-8-13;1-11-13(8-19)7-15(16,17)10-18(11)14(20)21-9-12-5-3-2-4-6-12;1-9-10(6-13(14,15)8-16-9)7-17(22(5,19)20)11(18)21-12(2,3)4;1-3-13-9(12)8-4-7(11)5-10-6(8)2;1-4-7(5-2)6-3;1-3-9-4(6)5-10(2,7)8;2*1-2(3)4;;/h6-10,15,17H,11-14H2,1-5H3;4-8,12,14-15,19H,3,9-11H2,1-2H3;2-6,11,13,19H,7-10H2,1H3;9-10,16H,6-8H2,1-5H3;4-5,11H,3H2,1-2H3;4-6H2,1-3H3;3H2,1-2H3,(H,5,6);2*1H3,(H,3,4);1H4;. The summed E-state index contributed by atoms with van der Waals surface area (Å²) in [6, 6.07) is 30.9. The number of pyridine rings is 1. The number of ether oxygens (including phenoxy) is 8.